The molecule has 0 atom stereocenters. The van der Waals surface area contributed by atoms with Crippen molar-refractivity contribution in [3.63, 3.8) is 0 Å². The van der Waals surface area contributed by atoms with Crippen molar-refractivity contribution in [2.24, 2.45) is 0 Å². The summed E-state index contributed by atoms with van der Waals surface area (Å²) < 4.78 is 0.764. The van der Waals surface area contributed by atoms with E-state index in [0.29, 0.717) is 16.3 Å². The van der Waals surface area contributed by atoms with Gasteiger partial charge in [-0.25, -0.2) is 0 Å². The van der Waals surface area contributed by atoms with Crippen LogP contribution in [0.5, 0.6) is 0 Å². The van der Waals surface area contributed by atoms with Crippen molar-refractivity contribution in [3.8, 4) is 6.07 Å². The van der Waals surface area contributed by atoms with E-state index in [2.05, 4.69) is 26.2 Å². The van der Waals surface area contributed by atoms with E-state index in [1.54, 1.807) is 31.2 Å². The summed E-state index contributed by atoms with van der Waals surface area (Å²) in [5.41, 5.74) is 1.79. The second kappa shape index (κ2) is 6.04. The predicted molar refractivity (Wildman–Crippen MR) is 80.8 cm³/mol. The summed E-state index contributed by atoms with van der Waals surface area (Å²) >= 11 is 9.32. The number of nitriles is 1. The molecule has 0 radical (unpaired) electrons. The minimum Gasteiger partial charge on any atom is -0.321 e. The number of aryl methyl sites for hydroxylation is 1. The summed E-state index contributed by atoms with van der Waals surface area (Å²) in [7, 11) is 0. The molecule has 1 aromatic carbocycles. The average Bonchev–Trinajstić information content (AvgIpc) is 2.38. The van der Waals surface area contributed by atoms with E-state index in [1.165, 1.54) is 6.20 Å². The quantitative estimate of drug-likeness (QED) is 0.892. The molecule has 4 nitrogen and oxygen atoms in total. The molecule has 1 heterocycles. The zero-order valence-electron chi connectivity index (χ0n) is 10.4. The Hall–Kier alpha value is -1.90. The third kappa shape index (κ3) is 3.16. The van der Waals surface area contributed by atoms with Crippen LogP contribution in [-0.2, 0) is 0 Å². The van der Waals surface area contributed by atoms with Crippen LogP contribution in [0.3, 0.4) is 0 Å². The largest absolute Gasteiger partial charge is 0.321 e. The van der Waals surface area contributed by atoms with Crippen LogP contribution in [0.25, 0.3) is 0 Å². The molecule has 0 aliphatic heterocycles. The molecule has 0 bridgehead atoms. The van der Waals surface area contributed by atoms with Crippen molar-refractivity contribution in [2.45, 2.75) is 6.92 Å². The average molecular weight is 351 g/mol. The van der Waals surface area contributed by atoms with E-state index in [1.807, 2.05) is 6.07 Å². The Morgan fingerprint density at radius 2 is 2.20 bits per heavy atom. The smallest absolute Gasteiger partial charge is 0.258 e. The molecule has 1 amide bonds. The number of pyridine rings is 1. The number of aromatic nitrogens is 1. The first-order chi connectivity index (χ1) is 9.51. The van der Waals surface area contributed by atoms with Crippen molar-refractivity contribution in [2.75, 3.05) is 5.32 Å². The molecule has 0 aliphatic carbocycles. The first-order valence-electron chi connectivity index (χ1n) is 5.64. The number of anilines is 1. The van der Waals surface area contributed by atoms with Gasteiger partial charge in [-0.2, -0.15) is 5.26 Å². The van der Waals surface area contributed by atoms with Gasteiger partial charge in [-0.1, -0.05) is 27.5 Å². The molecule has 20 heavy (non-hydrogen) atoms. The number of rotatable bonds is 2. The van der Waals surface area contributed by atoms with Gasteiger partial charge in [0.2, 0.25) is 0 Å². The maximum atomic E-state index is 12.2. The summed E-state index contributed by atoms with van der Waals surface area (Å²) in [6.45, 7) is 1.79. The Bertz CT molecular complexity index is 725. The maximum absolute atomic E-state index is 12.2. The van der Waals surface area contributed by atoms with Crippen LogP contribution in [0.15, 0.2) is 34.9 Å². The molecule has 2 aromatic rings. The number of hydrogen-bond donors (Lipinski definition) is 1. The number of nitrogens with one attached hydrogen (secondary N) is 1. The lowest BCUT2D eigenvalue weighted by Gasteiger charge is -2.08. The zero-order chi connectivity index (χ0) is 14.7. The fraction of sp³-hybridized carbons (Fsp3) is 0.0714. The van der Waals surface area contributed by atoms with Gasteiger partial charge in [0.25, 0.3) is 5.91 Å². The molecule has 0 unspecified atom stereocenters. The number of amides is 1. The fourth-order valence-corrected chi connectivity index (χ4v) is 2.25. The topological polar surface area (TPSA) is 65.8 Å². The lowest BCUT2D eigenvalue weighted by Crippen LogP contribution is -2.14. The Balaban J connectivity index is 2.33. The van der Waals surface area contributed by atoms with Gasteiger partial charge in [0, 0.05) is 16.4 Å². The van der Waals surface area contributed by atoms with Crippen LogP contribution in [0.4, 0.5) is 5.69 Å². The van der Waals surface area contributed by atoms with E-state index in [-0.39, 0.29) is 5.56 Å². The lowest BCUT2D eigenvalue weighted by molar-refractivity contribution is 0.102. The van der Waals surface area contributed by atoms with E-state index in [0.717, 1.165) is 10.2 Å². The first kappa shape index (κ1) is 14.5. The van der Waals surface area contributed by atoms with Gasteiger partial charge in [0.1, 0.15) is 6.07 Å². The van der Waals surface area contributed by atoms with E-state index >= 15 is 0 Å². The highest BCUT2D eigenvalue weighted by Crippen LogP contribution is 2.23. The SMILES string of the molecule is Cc1cc(Cl)c(C(=O)Nc2cc(Br)ccc2C#N)cn1. The van der Waals surface area contributed by atoms with Gasteiger partial charge in [-0.3, -0.25) is 9.78 Å². The monoisotopic (exact) mass is 349 g/mol. The Kier molecular flexibility index (Phi) is 4.38. The third-order valence-corrected chi connectivity index (χ3v) is 3.39. The minimum absolute atomic E-state index is 0.265. The van der Waals surface area contributed by atoms with Crippen LogP contribution in [0.2, 0.25) is 5.02 Å². The van der Waals surface area contributed by atoms with E-state index < -0.39 is 5.91 Å². The van der Waals surface area contributed by atoms with Crippen molar-refractivity contribution in [1.29, 1.82) is 5.26 Å². The molecule has 2 rings (SSSR count). The highest BCUT2D eigenvalue weighted by Gasteiger charge is 2.13. The molecule has 0 saturated heterocycles. The molecule has 0 fully saturated rings. The second-order valence-corrected chi connectivity index (χ2v) is 5.38. The van der Waals surface area contributed by atoms with Crippen LogP contribution in [0.1, 0.15) is 21.6 Å². The van der Waals surface area contributed by atoms with Gasteiger partial charge in [0.05, 0.1) is 21.8 Å². The van der Waals surface area contributed by atoms with Gasteiger partial charge < -0.3 is 5.32 Å². The summed E-state index contributed by atoms with van der Waals surface area (Å²) in [5, 5.41) is 12.0. The van der Waals surface area contributed by atoms with E-state index in [9.17, 15) is 4.79 Å². The zero-order valence-corrected chi connectivity index (χ0v) is 12.8. The van der Waals surface area contributed by atoms with Crippen LogP contribution in [0, 0.1) is 18.3 Å². The van der Waals surface area contributed by atoms with Crippen molar-refractivity contribution < 1.29 is 4.79 Å². The third-order valence-electron chi connectivity index (χ3n) is 2.59. The Labute approximate surface area is 129 Å². The first-order valence-corrected chi connectivity index (χ1v) is 6.81. The lowest BCUT2D eigenvalue weighted by atomic mass is 10.2. The number of benzene rings is 1. The summed E-state index contributed by atoms with van der Waals surface area (Å²) in [6.07, 6.45) is 1.41. The van der Waals surface area contributed by atoms with Gasteiger partial charge in [-0.15, -0.1) is 0 Å². The molecule has 0 saturated carbocycles. The molecule has 0 aliphatic rings. The van der Waals surface area contributed by atoms with E-state index in [4.69, 9.17) is 16.9 Å². The summed E-state index contributed by atoms with van der Waals surface area (Å²) in [4.78, 5) is 16.2. The molecule has 100 valence electrons. The van der Waals surface area contributed by atoms with Crippen molar-refractivity contribution in [1.82, 2.24) is 4.98 Å². The second-order valence-electron chi connectivity index (χ2n) is 4.06. The van der Waals surface area contributed by atoms with Gasteiger partial charge in [-0.05, 0) is 31.2 Å². The van der Waals surface area contributed by atoms with Crippen molar-refractivity contribution >= 4 is 39.1 Å². The number of carbonyl (C=O) groups excluding carboxylic acids is 1. The Morgan fingerprint density at radius 3 is 2.85 bits per heavy atom. The standard InChI is InChI=1S/C14H9BrClN3O/c1-8-4-12(16)11(7-18-8)14(20)19-13-5-10(15)3-2-9(13)6-17/h2-5,7H,1H3,(H,19,20). The molecule has 6 heteroatoms. The molecule has 1 aromatic heterocycles. The number of halogens is 2. The van der Waals surface area contributed by atoms with Gasteiger partial charge >= 0.3 is 0 Å². The summed E-state index contributed by atoms with van der Waals surface area (Å²) in [5.74, 6) is -0.405. The highest BCUT2D eigenvalue weighted by molar-refractivity contribution is 9.10. The number of hydrogen-bond acceptors (Lipinski definition) is 3. The summed E-state index contributed by atoms with van der Waals surface area (Å²) in [6, 6.07) is 8.64. The molecule has 0 spiro atoms. The predicted octanol–water partition coefficient (Wildman–Crippen LogP) is 3.93. The highest BCUT2D eigenvalue weighted by atomic mass is 79.9. The van der Waals surface area contributed by atoms with Crippen LogP contribution in [-0.4, -0.2) is 10.9 Å². The maximum Gasteiger partial charge on any atom is 0.258 e. The molecule has 1 N–H and O–H groups in total. The fourth-order valence-electron chi connectivity index (χ4n) is 1.60. The molecular formula is C14H9BrClN3O. The number of nitrogens with zero attached hydrogens (tertiary/aromatic N) is 2. The van der Waals surface area contributed by atoms with Crippen LogP contribution >= 0.6 is 27.5 Å². The van der Waals surface area contributed by atoms with Crippen molar-refractivity contribution in [3.05, 3.63) is 56.8 Å². The minimum atomic E-state index is -0.405. The van der Waals surface area contributed by atoms with Crippen LogP contribution < -0.4 is 5.32 Å². The number of carbonyl (C=O) groups is 1. The Morgan fingerprint density at radius 1 is 1.45 bits per heavy atom. The molecular weight excluding hydrogens is 342 g/mol. The normalized spacial score (nSPS) is 9.90. The van der Waals surface area contributed by atoms with Gasteiger partial charge in [0.15, 0.2) is 0 Å².